The molecule has 62 valence electrons. The summed E-state index contributed by atoms with van der Waals surface area (Å²) in [4.78, 5) is 0.631. The number of rotatable bonds is 4. The van der Waals surface area contributed by atoms with Crippen molar-refractivity contribution in [2.75, 3.05) is 0 Å². The molecule has 0 aromatic carbocycles. The molecule has 0 saturated carbocycles. The Morgan fingerprint density at radius 2 is 1.90 bits per heavy atom. The van der Waals surface area contributed by atoms with Crippen LogP contribution in [0.3, 0.4) is 0 Å². The number of halogens is 1. The van der Waals surface area contributed by atoms with Gasteiger partial charge in [0.25, 0.3) is 0 Å². The monoisotopic (exact) mass is 206 g/mol. The van der Waals surface area contributed by atoms with E-state index in [2.05, 4.69) is 43.6 Å². The van der Waals surface area contributed by atoms with Crippen LogP contribution in [0.1, 0.15) is 47.0 Å². The highest BCUT2D eigenvalue weighted by Crippen LogP contribution is 2.31. The van der Waals surface area contributed by atoms with Crippen LogP contribution < -0.4 is 0 Å². The lowest BCUT2D eigenvalue weighted by molar-refractivity contribution is 0.326. The van der Waals surface area contributed by atoms with Crippen LogP contribution in [0.4, 0.5) is 0 Å². The Kier molecular flexibility index (Phi) is 4.59. The molecule has 0 aliphatic heterocycles. The number of alkyl halides is 1. The molecule has 0 aliphatic carbocycles. The fourth-order valence-electron chi connectivity index (χ4n) is 0.831. The molecule has 1 heteroatoms. The SMILES string of the molecule is CCCCC(C)(C)C(C)Br. The van der Waals surface area contributed by atoms with Crippen molar-refractivity contribution in [3.63, 3.8) is 0 Å². The molecule has 0 N–H and O–H groups in total. The highest BCUT2D eigenvalue weighted by atomic mass is 79.9. The van der Waals surface area contributed by atoms with Crippen molar-refractivity contribution < 1.29 is 0 Å². The van der Waals surface area contributed by atoms with Gasteiger partial charge in [0, 0.05) is 4.83 Å². The Morgan fingerprint density at radius 1 is 1.40 bits per heavy atom. The summed E-state index contributed by atoms with van der Waals surface area (Å²) in [6.07, 6.45) is 3.99. The lowest BCUT2D eigenvalue weighted by Gasteiger charge is -2.27. The molecule has 10 heavy (non-hydrogen) atoms. The summed E-state index contributed by atoms with van der Waals surface area (Å²) in [5.41, 5.74) is 0.468. The summed E-state index contributed by atoms with van der Waals surface area (Å²) in [6, 6.07) is 0. The van der Waals surface area contributed by atoms with E-state index in [-0.39, 0.29) is 0 Å². The predicted octanol–water partition coefficient (Wildman–Crippen LogP) is 3.99. The average molecular weight is 207 g/mol. The van der Waals surface area contributed by atoms with Crippen LogP contribution in [0.25, 0.3) is 0 Å². The van der Waals surface area contributed by atoms with Crippen molar-refractivity contribution in [3.8, 4) is 0 Å². The van der Waals surface area contributed by atoms with Crippen LogP contribution in [-0.4, -0.2) is 4.83 Å². The van der Waals surface area contributed by atoms with Crippen LogP contribution in [0.5, 0.6) is 0 Å². The number of unbranched alkanes of at least 4 members (excludes halogenated alkanes) is 1. The zero-order valence-corrected chi connectivity index (χ0v) is 9.16. The molecule has 1 unspecified atom stereocenters. The first-order chi connectivity index (χ1) is 4.50. The van der Waals surface area contributed by atoms with Gasteiger partial charge in [-0.1, -0.05) is 56.5 Å². The standard InChI is InChI=1S/C9H19Br/c1-5-6-7-9(3,4)8(2)10/h8H,5-7H2,1-4H3. The molecule has 0 rings (SSSR count). The second-order valence-corrected chi connectivity index (χ2v) is 5.08. The summed E-state index contributed by atoms with van der Waals surface area (Å²) in [5, 5.41) is 0. The zero-order chi connectivity index (χ0) is 8.20. The normalized spacial score (nSPS) is 15.3. The van der Waals surface area contributed by atoms with E-state index in [1.54, 1.807) is 0 Å². The van der Waals surface area contributed by atoms with Gasteiger partial charge >= 0.3 is 0 Å². The molecule has 0 bridgehead atoms. The van der Waals surface area contributed by atoms with Crippen LogP contribution in [0.2, 0.25) is 0 Å². The second-order valence-electron chi connectivity index (χ2n) is 3.71. The van der Waals surface area contributed by atoms with E-state index in [0.29, 0.717) is 10.2 Å². The number of hydrogen-bond donors (Lipinski definition) is 0. The smallest absolute Gasteiger partial charge is 0.0168 e. The maximum Gasteiger partial charge on any atom is 0.0168 e. The minimum Gasteiger partial charge on any atom is -0.0888 e. The predicted molar refractivity (Wildman–Crippen MR) is 51.7 cm³/mol. The van der Waals surface area contributed by atoms with E-state index in [4.69, 9.17) is 0 Å². The van der Waals surface area contributed by atoms with Gasteiger partial charge in [0.2, 0.25) is 0 Å². The molecular formula is C9H19Br. The lowest BCUT2D eigenvalue weighted by atomic mass is 9.85. The van der Waals surface area contributed by atoms with Gasteiger partial charge in [-0.05, 0) is 11.8 Å². The van der Waals surface area contributed by atoms with Crippen molar-refractivity contribution in [2.24, 2.45) is 5.41 Å². The fourth-order valence-corrected chi connectivity index (χ4v) is 1.06. The van der Waals surface area contributed by atoms with Crippen molar-refractivity contribution in [1.82, 2.24) is 0 Å². The summed E-state index contributed by atoms with van der Waals surface area (Å²) in [5.74, 6) is 0. The largest absolute Gasteiger partial charge is 0.0888 e. The minimum atomic E-state index is 0.468. The van der Waals surface area contributed by atoms with Gasteiger partial charge in [0.05, 0.1) is 0 Å². The highest BCUT2D eigenvalue weighted by Gasteiger charge is 2.22. The summed E-state index contributed by atoms with van der Waals surface area (Å²) >= 11 is 3.63. The molecule has 0 saturated heterocycles. The van der Waals surface area contributed by atoms with Crippen molar-refractivity contribution >= 4 is 15.9 Å². The molecule has 0 radical (unpaired) electrons. The van der Waals surface area contributed by atoms with Gasteiger partial charge in [0.15, 0.2) is 0 Å². The molecule has 0 fully saturated rings. The van der Waals surface area contributed by atoms with Gasteiger partial charge in [-0.15, -0.1) is 0 Å². The van der Waals surface area contributed by atoms with E-state index in [0.717, 1.165) is 0 Å². The summed E-state index contributed by atoms with van der Waals surface area (Å²) < 4.78 is 0. The third-order valence-electron chi connectivity index (χ3n) is 2.25. The minimum absolute atomic E-state index is 0.468. The van der Waals surface area contributed by atoms with E-state index in [9.17, 15) is 0 Å². The lowest BCUT2D eigenvalue weighted by Crippen LogP contribution is -2.21. The van der Waals surface area contributed by atoms with Crippen LogP contribution in [0.15, 0.2) is 0 Å². The van der Waals surface area contributed by atoms with Crippen LogP contribution >= 0.6 is 15.9 Å². The molecule has 0 aliphatic rings. The maximum absolute atomic E-state index is 3.63. The Morgan fingerprint density at radius 3 is 2.20 bits per heavy atom. The topological polar surface area (TPSA) is 0 Å². The second kappa shape index (κ2) is 4.38. The van der Waals surface area contributed by atoms with Crippen LogP contribution in [-0.2, 0) is 0 Å². The van der Waals surface area contributed by atoms with Gasteiger partial charge < -0.3 is 0 Å². The third kappa shape index (κ3) is 3.60. The van der Waals surface area contributed by atoms with E-state index < -0.39 is 0 Å². The van der Waals surface area contributed by atoms with Gasteiger partial charge in [-0.3, -0.25) is 0 Å². The van der Waals surface area contributed by atoms with Crippen molar-refractivity contribution in [2.45, 2.75) is 51.8 Å². The molecule has 0 spiro atoms. The van der Waals surface area contributed by atoms with Gasteiger partial charge in [-0.25, -0.2) is 0 Å². The van der Waals surface area contributed by atoms with Crippen molar-refractivity contribution in [3.05, 3.63) is 0 Å². The third-order valence-corrected chi connectivity index (χ3v) is 3.49. The quantitative estimate of drug-likeness (QED) is 0.611. The average Bonchev–Trinajstić information content (AvgIpc) is 1.84. The first-order valence-corrected chi connectivity index (χ1v) is 5.06. The first-order valence-electron chi connectivity index (χ1n) is 4.14. The Hall–Kier alpha value is 0.480. The Bertz CT molecular complexity index is 84.7. The van der Waals surface area contributed by atoms with E-state index in [1.165, 1.54) is 19.3 Å². The molecule has 1 atom stereocenters. The molecular weight excluding hydrogens is 188 g/mol. The van der Waals surface area contributed by atoms with Crippen molar-refractivity contribution in [1.29, 1.82) is 0 Å². The zero-order valence-electron chi connectivity index (χ0n) is 7.58. The van der Waals surface area contributed by atoms with Gasteiger partial charge in [0.1, 0.15) is 0 Å². The summed E-state index contributed by atoms with van der Waals surface area (Å²) in [6.45, 7) is 9.12. The van der Waals surface area contributed by atoms with E-state index >= 15 is 0 Å². The summed E-state index contributed by atoms with van der Waals surface area (Å²) in [7, 11) is 0. The number of hydrogen-bond acceptors (Lipinski definition) is 0. The molecule has 0 nitrogen and oxygen atoms in total. The van der Waals surface area contributed by atoms with E-state index in [1.807, 2.05) is 0 Å². The fraction of sp³-hybridized carbons (Fsp3) is 1.00. The Labute approximate surface area is 73.5 Å². The molecule has 0 heterocycles. The molecule has 0 aromatic heterocycles. The van der Waals surface area contributed by atoms with Crippen LogP contribution in [0, 0.1) is 5.41 Å². The molecule has 0 amide bonds. The highest BCUT2D eigenvalue weighted by molar-refractivity contribution is 9.09. The maximum atomic E-state index is 3.63. The molecule has 0 aromatic rings. The Balaban J connectivity index is 3.63. The first kappa shape index (κ1) is 10.5. The van der Waals surface area contributed by atoms with Gasteiger partial charge in [-0.2, -0.15) is 0 Å².